The first-order valence-corrected chi connectivity index (χ1v) is 8.78. The Bertz CT molecular complexity index is 800. The molecule has 0 saturated carbocycles. The van der Waals surface area contributed by atoms with Gasteiger partial charge < -0.3 is 15.0 Å². The number of para-hydroxylation sites is 1. The van der Waals surface area contributed by atoms with Crippen molar-refractivity contribution in [2.45, 2.75) is 32.2 Å². The van der Waals surface area contributed by atoms with Crippen LogP contribution in [0.4, 0.5) is 10.5 Å². The third-order valence-electron chi connectivity index (χ3n) is 4.16. The number of benzene rings is 1. The molecule has 1 N–H and O–H groups in total. The fraction of sp³-hybridized carbons (Fsp3) is 0.421. The Morgan fingerprint density at radius 1 is 1.25 bits per heavy atom. The van der Waals surface area contributed by atoms with Gasteiger partial charge in [-0.1, -0.05) is 18.2 Å². The molecule has 0 unspecified atom stereocenters. The number of carbonyl (C=O) groups excluding carboxylic acids is 4. The summed E-state index contributed by atoms with van der Waals surface area (Å²) in [5.74, 6) is -1.59. The lowest BCUT2D eigenvalue weighted by atomic mass is 10.1. The first-order chi connectivity index (χ1) is 13.3. The number of carbonyl (C=O) groups is 4. The molecule has 0 bridgehead atoms. The highest BCUT2D eigenvalue weighted by Crippen LogP contribution is 2.17. The number of nitrogens with zero attached hydrogens (tertiary/aromatic N) is 3. The van der Waals surface area contributed by atoms with Crippen molar-refractivity contribution in [1.29, 1.82) is 5.26 Å². The van der Waals surface area contributed by atoms with Crippen molar-refractivity contribution in [2.75, 3.05) is 24.6 Å². The summed E-state index contributed by atoms with van der Waals surface area (Å²) in [5, 5.41) is 11.3. The molecule has 1 aliphatic rings. The van der Waals surface area contributed by atoms with Crippen molar-refractivity contribution in [3.63, 3.8) is 0 Å². The number of amides is 4. The van der Waals surface area contributed by atoms with Gasteiger partial charge in [0.2, 0.25) is 0 Å². The number of hydrogen-bond donors (Lipinski definition) is 1. The average Bonchev–Trinajstić information content (AvgIpc) is 2.86. The second kappa shape index (κ2) is 8.99. The quantitative estimate of drug-likeness (QED) is 0.529. The second-order valence-corrected chi connectivity index (χ2v) is 6.71. The van der Waals surface area contributed by atoms with Crippen LogP contribution >= 0.6 is 0 Å². The van der Waals surface area contributed by atoms with Crippen molar-refractivity contribution in [2.24, 2.45) is 0 Å². The van der Waals surface area contributed by atoms with Crippen LogP contribution in [0.5, 0.6) is 0 Å². The molecule has 1 fully saturated rings. The van der Waals surface area contributed by atoms with Crippen molar-refractivity contribution < 1.29 is 23.9 Å². The van der Waals surface area contributed by atoms with Gasteiger partial charge in [-0.3, -0.25) is 19.3 Å². The molecule has 0 spiro atoms. The van der Waals surface area contributed by atoms with Gasteiger partial charge in [-0.15, -0.1) is 0 Å². The molecule has 1 aromatic carbocycles. The number of ether oxygens (including phenoxy) is 1. The lowest BCUT2D eigenvalue weighted by molar-refractivity contribution is -0.148. The molecule has 0 radical (unpaired) electrons. The Labute approximate surface area is 162 Å². The third kappa shape index (κ3) is 5.07. The van der Waals surface area contributed by atoms with E-state index in [2.05, 4.69) is 5.32 Å². The molecule has 1 heterocycles. The summed E-state index contributed by atoms with van der Waals surface area (Å²) in [4.78, 5) is 50.5. The number of hydrogen-bond acceptors (Lipinski definition) is 6. The van der Waals surface area contributed by atoms with Gasteiger partial charge in [0.05, 0.1) is 18.9 Å². The van der Waals surface area contributed by atoms with E-state index in [1.54, 1.807) is 44.2 Å². The Balaban J connectivity index is 1.87. The van der Waals surface area contributed by atoms with Crippen molar-refractivity contribution in [3.8, 4) is 6.07 Å². The lowest BCUT2D eigenvalue weighted by Crippen LogP contribution is -2.40. The maximum atomic E-state index is 12.4. The Hall–Kier alpha value is -3.41. The molecule has 28 heavy (non-hydrogen) atoms. The summed E-state index contributed by atoms with van der Waals surface area (Å²) < 4.78 is 4.99. The zero-order valence-electron chi connectivity index (χ0n) is 15.8. The fourth-order valence-electron chi connectivity index (χ4n) is 2.68. The Morgan fingerprint density at radius 2 is 1.93 bits per heavy atom. The number of anilines is 1. The summed E-state index contributed by atoms with van der Waals surface area (Å²) >= 11 is 0. The SMILES string of the molecule is CC1(C)NC(=O)N(CCC(=O)OCC(=O)N(CCC#N)c2ccccc2)C1=O. The Kier molecular flexibility index (Phi) is 6.71. The summed E-state index contributed by atoms with van der Waals surface area (Å²) in [6, 6.07) is 10.2. The summed E-state index contributed by atoms with van der Waals surface area (Å²) in [7, 11) is 0. The molecule has 9 nitrogen and oxygen atoms in total. The minimum atomic E-state index is -1.01. The average molecular weight is 386 g/mol. The highest BCUT2D eigenvalue weighted by Gasteiger charge is 2.44. The molecule has 4 amide bonds. The molecule has 1 saturated heterocycles. The molecule has 1 aromatic rings. The zero-order valence-corrected chi connectivity index (χ0v) is 15.8. The molecular formula is C19H22N4O5. The lowest BCUT2D eigenvalue weighted by Gasteiger charge is -2.21. The van der Waals surface area contributed by atoms with E-state index in [-0.39, 0.29) is 25.9 Å². The second-order valence-electron chi connectivity index (χ2n) is 6.71. The van der Waals surface area contributed by atoms with Crippen LogP contribution in [0.3, 0.4) is 0 Å². The van der Waals surface area contributed by atoms with E-state index in [1.165, 1.54) is 4.90 Å². The van der Waals surface area contributed by atoms with E-state index in [1.807, 2.05) is 6.07 Å². The van der Waals surface area contributed by atoms with Gasteiger partial charge in [-0.25, -0.2) is 4.79 Å². The number of esters is 1. The molecule has 0 atom stereocenters. The van der Waals surface area contributed by atoms with Crippen LogP contribution < -0.4 is 10.2 Å². The predicted octanol–water partition coefficient (Wildman–Crippen LogP) is 1.20. The van der Waals surface area contributed by atoms with Gasteiger partial charge in [0.25, 0.3) is 11.8 Å². The smallest absolute Gasteiger partial charge is 0.325 e. The normalized spacial score (nSPS) is 15.0. The van der Waals surface area contributed by atoms with Crippen LogP contribution in [0.2, 0.25) is 0 Å². The van der Waals surface area contributed by atoms with Crippen LogP contribution in [0.1, 0.15) is 26.7 Å². The number of imide groups is 1. The third-order valence-corrected chi connectivity index (χ3v) is 4.16. The van der Waals surface area contributed by atoms with Crippen LogP contribution in [0.15, 0.2) is 30.3 Å². The first kappa shape index (κ1) is 20.9. The van der Waals surface area contributed by atoms with Crippen LogP contribution in [0, 0.1) is 11.3 Å². The standard InChI is InChI=1S/C19H22N4O5/c1-19(2)17(26)23(18(27)21-19)12-9-16(25)28-13-15(24)22(11-6-10-20)14-7-4-3-5-8-14/h3-5,7-8H,6,9,11-13H2,1-2H3,(H,21,27). The highest BCUT2D eigenvalue weighted by atomic mass is 16.5. The van der Waals surface area contributed by atoms with Gasteiger partial charge >= 0.3 is 12.0 Å². The van der Waals surface area contributed by atoms with E-state index in [0.29, 0.717) is 5.69 Å². The zero-order chi connectivity index (χ0) is 20.7. The highest BCUT2D eigenvalue weighted by molar-refractivity contribution is 6.06. The predicted molar refractivity (Wildman–Crippen MR) is 98.9 cm³/mol. The Morgan fingerprint density at radius 3 is 2.50 bits per heavy atom. The molecule has 2 rings (SSSR count). The largest absolute Gasteiger partial charge is 0.455 e. The van der Waals surface area contributed by atoms with E-state index in [4.69, 9.17) is 10.00 Å². The van der Waals surface area contributed by atoms with Gasteiger partial charge in [0.15, 0.2) is 6.61 Å². The van der Waals surface area contributed by atoms with Gasteiger partial charge in [-0.2, -0.15) is 5.26 Å². The van der Waals surface area contributed by atoms with Crippen molar-refractivity contribution in [1.82, 2.24) is 10.2 Å². The minimum absolute atomic E-state index is 0.127. The van der Waals surface area contributed by atoms with E-state index in [9.17, 15) is 19.2 Å². The summed E-state index contributed by atoms with van der Waals surface area (Å²) in [5.41, 5.74) is -0.409. The maximum absolute atomic E-state index is 12.4. The summed E-state index contributed by atoms with van der Waals surface area (Å²) in [6.07, 6.45) is -0.0808. The number of rotatable bonds is 8. The molecule has 1 aliphatic heterocycles. The first-order valence-electron chi connectivity index (χ1n) is 8.78. The molecule has 9 heteroatoms. The number of urea groups is 1. The van der Waals surface area contributed by atoms with Gasteiger partial charge in [0, 0.05) is 18.8 Å². The topological polar surface area (TPSA) is 120 Å². The van der Waals surface area contributed by atoms with Gasteiger partial charge in [0.1, 0.15) is 5.54 Å². The van der Waals surface area contributed by atoms with Crippen molar-refractivity contribution >= 4 is 29.5 Å². The minimum Gasteiger partial charge on any atom is -0.455 e. The van der Waals surface area contributed by atoms with Crippen LogP contribution in [-0.2, 0) is 19.1 Å². The molecule has 0 aromatic heterocycles. The summed E-state index contributed by atoms with van der Waals surface area (Å²) in [6.45, 7) is 2.70. The molecular weight excluding hydrogens is 364 g/mol. The monoisotopic (exact) mass is 386 g/mol. The maximum Gasteiger partial charge on any atom is 0.325 e. The van der Waals surface area contributed by atoms with E-state index >= 15 is 0 Å². The van der Waals surface area contributed by atoms with Crippen LogP contribution in [-0.4, -0.2) is 54.0 Å². The molecule has 148 valence electrons. The van der Waals surface area contributed by atoms with Crippen molar-refractivity contribution in [3.05, 3.63) is 30.3 Å². The number of nitrogens with one attached hydrogen (secondary N) is 1. The molecule has 0 aliphatic carbocycles. The van der Waals surface area contributed by atoms with E-state index < -0.39 is 36.0 Å². The fourth-order valence-corrected chi connectivity index (χ4v) is 2.68. The van der Waals surface area contributed by atoms with Gasteiger partial charge in [-0.05, 0) is 26.0 Å². The van der Waals surface area contributed by atoms with E-state index in [0.717, 1.165) is 4.90 Å². The van der Waals surface area contributed by atoms with Crippen LogP contribution in [0.25, 0.3) is 0 Å². The number of nitriles is 1.